The molecule has 1 aromatic rings. The van der Waals surface area contributed by atoms with Crippen molar-refractivity contribution in [2.75, 3.05) is 13.2 Å². The van der Waals surface area contributed by atoms with Crippen LogP contribution in [0.3, 0.4) is 0 Å². The van der Waals surface area contributed by atoms with Crippen LogP contribution in [0.1, 0.15) is 63.4 Å². The first-order chi connectivity index (χ1) is 14.6. The third-order valence-electron chi connectivity index (χ3n) is 6.80. The summed E-state index contributed by atoms with van der Waals surface area (Å²) in [6.07, 6.45) is 6.66. The van der Waals surface area contributed by atoms with Gasteiger partial charge in [-0.15, -0.1) is 17.0 Å². The van der Waals surface area contributed by atoms with Crippen LogP contribution in [0.25, 0.3) is 0 Å². The average Bonchev–Trinajstić information content (AvgIpc) is 3.50. The number of aliphatic hydroxyl groups is 1. The van der Waals surface area contributed by atoms with E-state index in [1.54, 1.807) is 0 Å². The number of halogens is 1. The maximum Gasteiger partial charge on any atom is 0.316 e. The lowest BCUT2D eigenvalue weighted by Gasteiger charge is -2.40. The van der Waals surface area contributed by atoms with Crippen molar-refractivity contribution in [1.82, 2.24) is 4.90 Å². The van der Waals surface area contributed by atoms with Gasteiger partial charge in [-0.25, -0.2) is 0 Å². The average molecular weight is 496 g/mol. The number of morpholine rings is 1. The number of hydrogen-bond donors (Lipinski definition) is 1. The lowest BCUT2D eigenvalue weighted by molar-refractivity contribution is -0.157. The van der Waals surface area contributed by atoms with Crippen LogP contribution in [0.15, 0.2) is 30.3 Å². The minimum Gasteiger partial charge on any atom is -0.462 e. The molecule has 31 heavy (non-hydrogen) atoms. The smallest absolute Gasteiger partial charge is 0.316 e. The molecule has 3 aliphatic rings. The molecule has 2 bridgehead atoms. The standard InChI is InChI=1S/C24H33NO5.BrH/c1-2-3-4-8-11-17(27)14-25-20-12-18(13-21(25)23-22(20)30-23)29-24(28)19(15-26)16-9-6-5-7-10-16;/h5-7,9-10,18-23,26H,2-4,8,11-15H2,1H3;1H. The molecular weight excluding hydrogens is 462 g/mol. The molecule has 3 saturated heterocycles. The molecule has 0 radical (unpaired) electrons. The Hall–Kier alpha value is -1.28. The summed E-state index contributed by atoms with van der Waals surface area (Å²) in [6, 6.07) is 9.56. The molecular formula is C24H34BrNO5. The summed E-state index contributed by atoms with van der Waals surface area (Å²) in [4.78, 5) is 27.5. The van der Waals surface area contributed by atoms with Crippen LogP contribution in [0.5, 0.6) is 0 Å². The predicted octanol–water partition coefficient (Wildman–Crippen LogP) is 3.41. The zero-order chi connectivity index (χ0) is 21.1. The van der Waals surface area contributed by atoms with E-state index in [1.165, 1.54) is 12.8 Å². The third kappa shape index (κ3) is 5.56. The number of nitrogens with zero attached hydrogens (tertiary/aromatic N) is 1. The van der Waals surface area contributed by atoms with E-state index in [2.05, 4.69) is 11.8 Å². The number of fused-ring (bicyclic) bond motifs is 5. The van der Waals surface area contributed by atoms with Gasteiger partial charge >= 0.3 is 5.97 Å². The lowest BCUT2D eigenvalue weighted by Crippen LogP contribution is -2.52. The van der Waals surface area contributed by atoms with Gasteiger partial charge in [0.15, 0.2) is 0 Å². The van der Waals surface area contributed by atoms with E-state index in [0.29, 0.717) is 31.6 Å². The molecule has 5 unspecified atom stereocenters. The van der Waals surface area contributed by atoms with E-state index in [1.807, 2.05) is 30.3 Å². The van der Waals surface area contributed by atoms with E-state index in [9.17, 15) is 14.7 Å². The monoisotopic (exact) mass is 495 g/mol. The van der Waals surface area contributed by atoms with Gasteiger partial charge in [0.2, 0.25) is 0 Å². The second kappa shape index (κ2) is 11.0. The summed E-state index contributed by atoms with van der Waals surface area (Å²) >= 11 is 0. The summed E-state index contributed by atoms with van der Waals surface area (Å²) in [5, 5.41) is 9.72. The van der Waals surface area contributed by atoms with E-state index in [-0.39, 0.29) is 60.0 Å². The van der Waals surface area contributed by atoms with Gasteiger partial charge in [-0.3, -0.25) is 14.5 Å². The number of carbonyl (C=O) groups is 2. The Bertz CT molecular complexity index is 727. The second-order valence-corrected chi connectivity index (χ2v) is 8.90. The number of epoxide rings is 1. The molecule has 5 atom stereocenters. The number of Topliss-reactive ketones (excluding diaryl/α,β-unsaturated/α-hetero) is 1. The van der Waals surface area contributed by atoms with Crippen molar-refractivity contribution in [2.45, 2.75) is 88.2 Å². The Morgan fingerprint density at radius 1 is 1.13 bits per heavy atom. The highest BCUT2D eigenvalue weighted by Gasteiger charge is 2.64. The zero-order valence-electron chi connectivity index (χ0n) is 18.2. The summed E-state index contributed by atoms with van der Waals surface area (Å²) in [5.41, 5.74) is 0.769. The van der Waals surface area contributed by atoms with Crippen molar-refractivity contribution < 1.29 is 24.2 Å². The molecule has 3 aliphatic heterocycles. The van der Waals surface area contributed by atoms with Crippen molar-refractivity contribution in [3.63, 3.8) is 0 Å². The highest BCUT2D eigenvalue weighted by atomic mass is 79.9. The quantitative estimate of drug-likeness (QED) is 0.288. The summed E-state index contributed by atoms with van der Waals surface area (Å²) in [5.74, 6) is -0.720. The van der Waals surface area contributed by atoms with E-state index in [4.69, 9.17) is 9.47 Å². The Labute approximate surface area is 195 Å². The van der Waals surface area contributed by atoms with Gasteiger partial charge in [0.05, 0.1) is 13.2 Å². The van der Waals surface area contributed by atoms with Crippen LogP contribution in [-0.2, 0) is 19.1 Å². The lowest BCUT2D eigenvalue weighted by atomic mass is 9.96. The number of aliphatic hydroxyl groups excluding tert-OH is 1. The van der Waals surface area contributed by atoms with Crippen LogP contribution >= 0.6 is 17.0 Å². The molecule has 6 nitrogen and oxygen atoms in total. The van der Waals surface area contributed by atoms with Crippen LogP contribution in [-0.4, -0.2) is 65.3 Å². The fraction of sp³-hybridized carbons (Fsp3) is 0.667. The fourth-order valence-corrected chi connectivity index (χ4v) is 5.16. The summed E-state index contributed by atoms with van der Waals surface area (Å²) < 4.78 is 11.6. The van der Waals surface area contributed by atoms with E-state index in [0.717, 1.165) is 18.4 Å². The highest BCUT2D eigenvalue weighted by Crippen LogP contribution is 2.49. The van der Waals surface area contributed by atoms with Crippen molar-refractivity contribution in [3.8, 4) is 0 Å². The Kier molecular flexibility index (Phi) is 8.67. The SMILES string of the molecule is Br.CCCCCCC(=O)CN1C2CC(OC(=O)C(CO)c3ccccc3)CC1C1OC12. The number of ether oxygens (including phenoxy) is 2. The molecule has 0 aliphatic carbocycles. The molecule has 0 amide bonds. The molecule has 3 heterocycles. The number of carbonyl (C=O) groups excluding carboxylic acids is 2. The molecule has 0 spiro atoms. The number of rotatable bonds is 11. The van der Waals surface area contributed by atoms with Gasteiger partial charge < -0.3 is 14.6 Å². The number of piperidine rings is 1. The number of benzene rings is 1. The van der Waals surface area contributed by atoms with Crippen LogP contribution in [0.4, 0.5) is 0 Å². The van der Waals surface area contributed by atoms with Gasteiger partial charge in [-0.05, 0) is 12.0 Å². The van der Waals surface area contributed by atoms with Gasteiger partial charge in [0, 0.05) is 31.3 Å². The largest absolute Gasteiger partial charge is 0.462 e. The highest BCUT2D eigenvalue weighted by molar-refractivity contribution is 8.93. The number of esters is 1. The number of ketones is 1. The second-order valence-electron chi connectivity index (χ2n) is 8.90. The van der Waals surface area contributed by atoms with Crippen molar-refractivity contribution in [1.29, 1.82) is 0 Å². The first-order valence-electron chi connectivity index (χ1n) is 11.4. The summed E-state index contributed by atoms with van der Waals surface area (Å²) in [7, 11) is 0. The van der Waals surface area contributed by atoms with Gasteiger partial charge in [-0.1, -0.05) is 56.5 Å². The van der Waals surface area contributed by atoms with Crippen LogP contribution < -0.4 is 0 Å². The fourth-order valence-electron chi connectivity index (χ4n) is 5.16. The number of unbranched alkanes of at least 4 members (excludes halogenated alkanes) is 3. The van der Waals surface area contributed by atoms with Gasteiger partial charge in [-0.2, -0.15) is 0 Å². The first-order valence-corrected chi connectivity index (χ1v) is 11.4. The minimum absolute atomic E-state index is 0. The van der Waals surface area contributed by atoms with Crippen LogP contribution in [0.2, 0.25) is 0 Å². The van der Waals surface area contributed by atoms with E-state index < -0.39 is 5.92 Å². The maximum atomic E-state index is 12.7. The molecule has 0 saturated carbocycles. The van der Waals surface area contributed by atoms with Crippen molar-refractivity contribution in [3.05, 3.63) is 35.9 Å². The molecule has 0 aromatic heterocycles. The summed E-state index contributed by atoms with van der Waals surface area (Å²) in [6.45, 7) is 2.39. The third-order valence-corrected chi connectivity index (χ3v) is 6.80. The Balaban J connectivity index is 0.00000272. The molecule has 3 fully saturated rings. The van der Waals surface area contributed by atoms with Crippen LogP contribution in [0, 0.1) is 0 Å². The normalized spacial score (nSPS) is 29.5. The Morgan fingerprint density at radius 2 is 1.81 bits per heavy atom. The van der Waals surface area contributed by atoms with Crippen molar-refractivity contribution in [2.24, 2.45) is 0 Å². The maximum absolute atomic E-state index is 12.7. The Morgan fingerprint density at radius 3 is 2.42 bits per heavy atom. The molecule has 1 aromatic carbocycles. The van der Waals surface area contributed by atoms with Crippen molar-refractivity contribution >= 4 is 28.7 Å². The molecule has 1 N–H and O–H groups in total. The van der Waals surface area contributed by atoms with E-state index >= 15 is 0 Å². The predicted molar refractivity (Wildman–Crippen MR) is 122 cm³/mol. The minimum atomic E-state index is -0.655. The number of hydrogen-bond acceptors (Lipinski definition) is 6. The molecule has 4 rings (SSSR count). The van der Waals surface area contributed by atoms with Gasteiger partial charge in [0.1, 0.15) is 30.0 Å². The zero-order valence-corrected chi connectivity index (χ0v) is 19.9. The first kappa shape index (κ1) is 24.4. The van der Waals surface area contributed by atoms with Gasteiger partial charge in [0.25, 0.3) is 0 Å². The topological polar surface area (TPSA) is 79.4 Å². The molecule has 172 valence electrons. The molecule has 7 heteroatoms.